The average molecular weight is 439 g/mol. The van der Waals surface area contributed by atoms with Gasteiger partial charge in [0, 0.05) is 17.7 Å². The Morgan fingerprint density at radius 1 is 1.03 bits per heavy atom. The number of rotatable bonds is 7. The molecule has 1 amide bonds. The second-order valence-corrected chi connectivity index (χ2v) is 6.64. The molecule has 2 N–H and O–H groups in total. The minimum Gasteiger partial charge on any atom is -0.477 e. The van der Waals surface area contributed by atoms with Crippen LogP contribution in [0.3, 0.4) is 0 Å². The van der Waals surface area contributed by atoms with Gasteiger partial charge in [-0.1, -0.05) is 41.9 Å². The molecule has 31 heavy (non-hydrogen) atoms. The van der Waals surface area contributed by atoms with Crippen LogP contribution in [-0.4, -0.2) is 21.9 Å². The zero-order chi connectivity index (χ0) is 22.4. The number of carbonyl (C=O) groups is 2. The third-order valence-corrected chi connectivity index (χ3v) is 4.33. The van der Waals surface area contributed by atoms with Crippen molar-refractivity contribution >= 4 is 35.2 Å². The van der Waals surface area contributed by atoms with Gasteiger partial charge in [0.05, 0.1) is 9.95 Å². The number of ether oxygens (including phenoxy) is 1. The van der Waals surface area contributed by atoms with Gasteiger partial charge in [-0.15, -0.1) is 0 Å². The number of nitrogens with zero attached hydrogens (tertiary/aromatic N) is 1. The molecule has 0 unspecified atom stereocenters. The smallest absolute Gasteiger partial charge is 0.352 e. The van der Waals surface area contributed by atoms with Crippen molar-refractivity contribution in [2.45, 2.75) is 0 Å². The SMILES string of the molecule is O=C(O)/C(=C\c1cccc(Oc2ccc([N+](=O)[O-])cc2Cl)c1)NC(=O)c1ccccc1. The summed E-state index contributed by atoms with van der Waals surface area (Å²) in [5, 5.41) is 22.7. The highest BCUT2D eigenvalue weighted by Gasteiger charge is 2.14. The number of carbonyl (C=O) groups excluding carboxylic acids is 1. The molecule has 0 spiro atoms. The molecular formula is C22H15ClN2O6. The molecule has 0 aromatic heterocycles. The Bertz CT molecular complexity index is 1180. The third kappa shape index (κ3) is 5.68. The summed E-state index contributed by atoms with van der Waals surface area (Å²) in [6.07, 6.45) is 1.29. The van der Waals surface area contributed by atoms with Gasteiger partial charge in [-0.2, -0.15) is 0 Å². The first-order chi connectivity index (χ1) is 14.8. The molecule has 0 aliphatic heterocycles. The van der Waals surface area contributed by atoms with Crippen molar-refractivity contribution in [2.24, 2.45) is 0 Å². The number of amides is 1. The molecule has 0 bridgehead atoms. The number of carboxylic acids is 1. The molecule has 3 rings (SSSR count). The van der Waals surface area contributed by atoms with Crippen LogP contribution in [0.4, 0.5) is 5.69 Å². The maximum atomic E-state index is 12.3. The lowest BCUT2D eigenvalue weighted by Gasteiger charge is -2.09. The topological polar surface area (TPSA) is 119 Å². The first-order valence-corrected chi connectivity index (χ1v) is 9.24. The molecule has 0 radical (unpaired) electrons. The normalized spacial score (nSPS) is 10.9. The van der Waals surface area contributed by atoms with Crippen LogP contribution in [0.5, 0.6) is 11.5 Å². The number of hydrogen-bond donors (Lipinski definition) is 2. The molecule has 3 aromatic rings. The van der Waals surface area contributed by atoms with Crippen LogP contribution >= 0.6 is 11.6 Å². The number of carboxylic acid groups (broad SMARTS) is 1. The summed E-state index contributed by atoms with van der Waals surface area (Å²) < 4.78 is 5.66. The summed E-state index contributed by atoms with van der Waals surface area (Å²) in [4.78, 5) is 34.1. The van der Waals surface area contributed by atoms with Crippen LogP contribution in [0.15, 0.2) is 78.5 Å². The highest BCUT2D eigenvalue weighted by atomic mass is 35.5. The molecule has 0 saturated heterocycles. The molecule has 9 heteroatoms. The van der Waals surface area contributed by atoms with E-state index < -0.39 is 16.8 Å². The van der Waals surface area contributed by atoms with Crippen LogP contribution in [0.1, 0.15) is 15.9 Å². The zero-order valence-corrected chi connectivity index (χ0v) is 16.6. The van der Waals surface area contributed by atoms with Crippen molar-refractivity contribution in [3.05, 3.63) is 105 Å². The van der Waals surface area contributed by atoms with Crippen molar-refractivity contribution in [2.75, 3.05) is 0 Å². The van der Waals surface area contributed by atoms with Crippen molar-refractivity contribution in [1.29, 1.82) is 0 Å². The van der Waals surface area contributed by atoms with E-state index in [4.69, 9.17) is 16.3 Å². The Kier molecular flexibility index (Phi) is 6.64. The predicted octanol–water partition coefficient (Wildman–Crippen LogP) is 4.90. The molecular weight excluding hydrogens is 424 g/mol. The highest BCUT2D eigenvalue weighted by molar-refractivity contribution is 6.32. The molecule has 0 atom stereocenters. The van der Waals surface area contributed by atoms with Gasteiger partial charge >= 0.3 is 5.97 Å². The predicted molar refractivity (Wildman–Crippen MR) is 114 cm³/mol. The van der Waals surface area contributed by atoms with E-state index in [0.717, 1.165) is 0 Å². The van der Waals surface area contributed by atoms with Crippen molar-refractivity contribution < 1.29 is 24.4 Å². The number of hydrogen-bond acceptors (Lipinski definition) is 5. The average Bonchev–Trinajstić information content (AvgIpc) is 2.75. The Morgan fingerprint density at radius 3 is 2.42 bits per heavy atom. The van der Waals surface area contributed by atoms with E-state index in [9.17, 15) is 24.8 Å². The summed E-state index contributed by atoms with van der Waals surface area (Å²) in [7, 11) is 0. The second kappa shape index (κ2) is 9.55. The van der Waals surface area contributed by atoms with E-state index in [1.54, 1.807) is 48.5 Å². The van der Waals surface area contributed by atoms with Gasteiger partial charge < -0.3 is 15.2 Å². The van der Waals surface area contributed by atoms with Crippen LogP contribution < -0.4 is 10.1 Å². The maximum absolute atomic E-state index is 12.3. The van der Waals surface area contributed by atoms with Crippen LogP contribution in [-0.2, 0) is 4.79 Å². The molecule has 8 nitrogen and oxygen atoms in total. The number of nitro groups is 1. The van der Waals surface area contributed by atoms with Crippen molar-refractivity contribution in [3.8, 4) is 11.5 Å². The number of benzene rings is 3. The first-order valence-electron chi connectivity index (χ1n) is 8.87. The van der Waals surface area contributed by atoms with Crippen LogP contribution in [0.25, 0.3) is 6.08 Å². The highest BCUT2D eigenvalue weighted by Crippen LogP contribution is 2.32. The summed E-state index contributed by atoms with van der Waals surface area (Å²) in [6, 6.07) is 18.4. The Labute approximate surface area is 181 Å². The standard InChI is InChI=1S/C22H15ClN2O6/c23-18-13-16(25(29)30)9-10-20(18)31-17-8-4-5-14(11-17)12-19(22(27)28)24-21(26)15-6-2-1-3-7-15/h1-13H,(H,24,26)(H,27,28)/b19-12+. The van der Waals surface area contributed by atoms with Gasteiger partial charge in [0.25, 0.3) is 11.6 Å². The quantitative estimate of drug-likeness (QED) is 0.308. The summed E-state index contributed by atoms with van der Waals surface area (Å²) in [5.41, 5.74) is 0.273. The monoisotopic (exact) mass is 438 g/mol. The molecule has 0 saturated carbocycles. The lowest BCUT2D eigenvalue weighted by molar-refractivity contribution is -0.384. The molecule has 0 fully saturated rings. The number of nitrogens with one attached hydrogen (secondary N) is 1. The number of halogens is 1. The van der Waals surface area contributed by atoms with Crippen molar-refractivity contribution in [1.82, 2.24) is 5.32 Å². The molecule has 3 aromatic carbocycles. The number of nitro benzene ring substituents is 1. The summed E-state index contributed by atoms with van der Waals surface area (Å²) in [5.74, 6) is -1.35. The van der Waals surface area contributed by atoms with Crippen LogP contribution in [0.2, 0.25) is 5.02 Å². The molecule has 0 aliphatic rings. The van der Waals surface area contributed by atoms with Gasteiger partial charge in [0.15, 0.2) is 0 Å². The fourth-order valence-corrected chi connectivity index (χ4v) is 2.80. The first kappa shape index (κ1) is 21.5. The number of aliphatic carboxylic acids is 1. The van der Waals surface area contributed by atoms with Gasteiger partial charge in [0.1, 0.15) is 17.2 Å². The molecule has 0 heterocycles. The minimum absolute atomic E-state index is 0.0523. The van der Waals surface area contributed by atoms with Gasteiger partial charge in [-0.25, -0.2) is 4.79 Å². The van der Waals surface area contributed by atoms with E-state index in [1.807, 2.05) is 0 Å². The number of non-ortho nitro benzene ring substituents is 1. The van der Waals surface area contributed by atoms with Crippen LogP contribution in [0, 0.1) is 10.1 Å². The van der Waals surface area contributed by atoms with Gasteiger partial charge in [-0.05, 0) is 42.0 Å². The summed E-state index contributed by atoms with van der Waals surface area (Å²) >= 11 is 6.04. The largest absolute Gasteiger partial charge is 0.477 e. The second-order valence-electron chi connectivity index (χ2n) is 6.23. The van der Waals surface area contributed by atoms with E-state index in [2.05, 4.69) is 5.32 Å². The fourth-order valence-electron chi connectivity index (χ4n) is 2.58. The lowest BCUT2D eigenvalue weighted by Crippen LogP contribution is -2.27. The Hall–Kier alpha value is -4.17. The summed E-state index contributed by atoms with van der Waals surface area (Å²) in [6.45, 7) is 0. The maximum Gasteiger partial charge on any atom is 0.352 e. The van der Waals surface area contributed by atoms with E-state index in [0.29, 0.717) is 16.9 Å². The Balaban J connectivity index is 1.82. The fraction of sp³-hybridized carbons (Fsp3) is 0. The molecule has 156 valence electrons. The van der Waals surface area contributed by atoms with E-state index >= 15 is 0 Å². The van der Waals surface area contributed by atoms with Crippen molar-refractivity contribution in [3.63, 3.8) is 0 Å². The lowest BCUT2D eigenvalue weighted by atomic mass is 10.1. The van der Waals surface area contributed by atoms with E-state index in [1.165, 1.54) is 30.3 Å². The Morgan fingerprint density at radius 2 is 1.77 bits per heavy atom. The molecule has 0 aliphatic carbocycles. The zero-order valence-electron chi connectivity index (χ0n) is 15.8. The minimum atomic E-state index is -1.31. The third-order valence-electron chi connectivity index (χ3n) is 4.04. The van der Waals surface area contributed by atoms with E-state index in [-0.39, 0.29) is 22.2 Å². The van der Waals surface area contributed by atoms with Gasteiger partial charge in [-0.3, -0.25) is 14.9 Å². The van der Waals surface area contributed by atoms with Gasteiger partial charge in [0.2, 0.25) is 0 Å².